The molecule has 0 aliphatic heterocycles. The molecule has 234 valence electrons. The van der Waals surface area contributed by atoms with E-state index in [4.69, 9.17) is 33.9 Å². The average Bonchev–Trinajstić information content (AvgIpc) is 2.92. The van der Waals surface area contributed by atoms with Crippen molar-refractivity contribution in [2.45, 2.75) is 44.5 Å². The van der Waals surface area contributed by atoms with Gasteiger partial charge in [-0.15, -0.1) is 0 Å². The molecule has 0 fully saturated rings. The van der Waals surface area contributed by atoms with Crippen molar-refractivity contribution in [3.63, 3.8) is 0 Å². The number of ether oxygens (including phenoxy) is 5. The molecule has 3 unspecified atom stereocenters. The van der Waals surface area contributed by atoms with Gasteiger partial charge in [0, 0.05) is 50.0 Å². The second kappa shape index (κ2) is 23.7. The van der Waals surface area contributed by atoms with Gasteiger partial charge in [-0.25, -0.2) is 9.59 Å². The molecule has 0 bridgehead atoms. The van der Waals surface area contributed by atoms with E-state index in [1.165, 1.54) is 0 Å². The van der Waals surface area contributed by atoms with Gasteiger partial charge in [-0.3, -0.25) is 4.90 Å². The number of aliphatic hydroxyl groups excluding tert-OH is 5. The molecule has 0 amide bonds. The Balaban J connectivity index is 4.94. The maximum Gasteiger partial charge on any atom is 0.330 e. The molecule has 3 atom stereocenters. The maximum absolute atomic E-state index is 11.1. The quantitative estimate of drug-likeness (QED) is 0.0593. The van der Waals surface area contributed by atoms with Crippen LogP contribution in [0.15, 0.2) is 25.3 Å². The fourth-order valence-corrected chi connectivity index (χ4v) is 3.47. The van der Waals surface area contributed by atoms with Crippen LogP contribution in [0.5, 0.6) is 0 Å². The van der Waals surface area contributed by atoms with Crippen molar-refractivity contribution in [3.05, 3.63) is 25.3 Å². The van der Waals surface area contributed by atoms with Gasteiger partial charge in [-0.2, -0.15) is 0 Å². The van der Waals surface area contributed by atoms with Gasteiger partial charge in [0.15, 0.2) is 0 Å². The van der Waals surface area contributed by atoms with Gasteiger partial charge in [0.25, 0.3) is 0 Å². The van der Waals surface area contributed by atoms with Crippen LogP contribution in [-0.4, -0.2) is 146 Å². The van der Waals surface area contributed by atoms with Crippen LogP contribution in [0.4, 0.5) is 0 Å². The van der Waals surface area contributed by atoms with E-state index in [0.29, 0.717) is 19.5 Å². The Bertz CT molecular complexity index is 648. The molecule has 40 heavy (non-hydrogen) atoms. The van der Waals surface area contributed by atoms with Crippen molar-refractivity contribution in [1.29, 1.82) is 0 Å². The van der Waals surface area contributed by atoms with Crippen molar-refractivity contribution >= 4 is 11.9 Å². The fourth-order valence-electron chi connectivity index (χ4n) is 3.47. The first-order valence-corrected chi connectivity index (χ1v) is 13.4. The number of aliphatic hydroxyl groups is 5. The molecule has 0 saturated heterocycles. The van der Waals surface area contributed by atoms with Crippen LogP contribution in [0.1, 0.15) is 26.2 Å². The molecule has 0 aliphatic rings. The number of rotatable bonds is 27. The van der Waals surface area contributed by atoms with Gasteiger partial charge >= 0.3 is 11.9 Å². The highest BCUT2D eigenvalue weighted by atomic mass is 16.5. The van der Waals surface area contributed by atoms with Crippen molar-refractivity contribution in [3.8, 4) is 0 Å². The van der Waals surface area contributed by atoms with Gasteiger partial charge in [0.1, 0.15) is 0 Å². The van der Waals surface area contributed by atoms with E-state index in [-0.39, 0.29) is 85.5 Å². The average molecular weight is 580 g/mol. The lowest BCUT2D eigenvalue weighted by molar-refractivity contribution is -0.139. The number of hydrogen-bond donors (Lipinski definition) is 5. The molecule has 0 aromatic carbocycles. The summed E-state index contributed by atoms with van der Waals surface area (Å²) < 4.78 is 27.0. The second-order valence-corrected chi connectivity index (χ2v) is 9.43. The topological polar surface area (TPSA) is 185 Å². The zero-order valence-corrected chi connectivity index (χ0v) is 23.7. The molecule has 0 aliphatic carbocycles. The molecule has 0 aromatic rings. The van der Waals surface area contributed by atoms with Crippen LogP contribution < -0.4 is 0 Å². The molecular weight excluding hydrogens is 530 g/mol. The van der Waals surface area contributed by atoms with E-state index in [2.05, 4.69) is 13.2 Å². The predicted molar refractivity (Wildman–Crippen MR) is 145 cm³/mol. The maximum atomic E-state index is 11.1. The van der Waals surface area contributed by atoms with E-state index in [1.807, 2.05) is 6.92 Å². The largest absolute Gasteiger partial charge is 0.462 e. The Morgan fingerprint density at radius 3 is 1.52 bits per heavy atom. The molecule has 0 aromatic heterocycles. The third-order valence-electron chi connectivity index (χ3n) is 5.93. The van der Waals surface area contributed by atoms with Gasteiger partial charge < -0.3 is 49.2 Å². The third-order valence-corrected chi connectivity index (χ3v) is 5.93. The number of hydrogen-bond acceptors (Lipinski definition) is 13. The molecule has 13 nitrogen and oxygen atoms in total. The van der Waals surface area contributed by atoms with E-state index in [0.717, 1.165) is 12.2 Å². The van der Waals surface area contributed by atoms with Crippen molar-refractivity contribution in [2.24, 2.45) is 5.41 Å². The monoisotopic (exact) mass is 579 g/mol. The molecule has 0 spiro atoms. The zero-order valence-electron chi connectivity index (χ0n) is 23.7. The van der Waals surface area contributed by atoms with E-state index in [9.17, 15) is 24.9 Å². The molecule has 0 rings (SSSR count). The highest BCUT2D eigenvalue weighted by Gasteiger charge is 2.31. The minimum absolute atomic E-state index is 0.0102. The summed E-state index contributed by atoms with van der Waals surface area (Å²) in [5.74, 6) is -1.15. The summed E-state index contributed by atoms with van der Waals surface area (Å²) in [7, 11) is 0. The lowest BCUT2D eigenvalue weighted by Gasteiger charge is -2.33. The first kappa shape index (κ1) is 38.1. The number of carbonyl (C=O) groups excluding carboxylic acids is 2. The normalized spacial score (nSPS) is 15.2. The lowest BCUT2D eigenvalue weighted by Crippen LogP contribution is -2.41. The summed E-state index contributed by atoms with van der Waals surface area (Å²) in [6.07, 6.45) is 0.366. The number of carbonyl (C=O) groups is 2. The minimum atomic E-state index is -0.875. The Labute approximate surface area is 236 Å². The fraction of sp³-hybridized carbons (Fsp3) is 0.778. The highest BCUT2D eigenvalue weighted by Crippen LogP contribution is 2.25. The summed E-state index contributed by atoms with van der Waals surface area (Å²) in [4.78, 5) is 24.0. The molecule has 0 radical (unpaired) electrons. The number of nitrogens with zero attached hydrogens (tertiary/aromatic N) is 1. The molecule has 13 heteroatoms. The Hall–Kier alpha value is -1.94. The van der Waals surface area contributed by atoms with E-state index >= 15 is 0 Å². The Kier molecular flexibility index (Phi) is 22.6. The lowest BCUT2D eigenvalue weighted by atomic mass is 9.88. The van der Waals surface area contributed by atoms with Crippen LogP contribution >= 0.6 is 0 Å². The molecule has 0 saturated carbocycles. The molecule has 0 heterocycles. The predicted octanol–water partition coefficient (Wildman–Crippen LogP) is -0.959. The third kappa shape index (κ3) is 19.2. The van der Waals surface area contributed by atoms with Crippen LogP contribution in [0, 0.1) is 5.41 Å². The van der Waals surface area contributed by atoms with Crippen LogP contribution in [-0.2, 0) is 33.3 Å². The van der Waals surface area contributed by atoms with Crippen molar-refractivity contribution in [2.75, 3.05) is 85.7 Å². The Morgan fingerprint density at radius 1 is 0.775 bits per heavy atom. The summed E-state index contributed by atoms with van der Waals surface area (Å²) in [6, 6.07) is 0. The van der Waals surface area contributed by atoms with Gasteiger partial charge in [-0.05, 0) is 6.42 Å². The van der Waals surface area contributed by atoms with E-state index < -0.39 is 35.7 Å². The van der Waals surface area contributed by atoms with Gasteiger partial charge in [0.2, 0.25) is 0 Å². The van der Waals surface area contributed by atoms with Crippen LogP contribution in [0.3, 0.4) is 0 Å². The smallest absolute Gasteiger partial charge is 0.330 e. The second-order valence-electron chi connectivity index (χ2n) is 9.43. The first-order chi connectivity index (χ1) is 19.1. The van der Waals surface area contributed by atoms with Crippen LogP contribution in [0.25, 0.3) is 0 Å². The summed E-state index contributed by atoms with van der Waals surface area (Å²) in [6.45, 7) is 9.53. The number of esters is 2. The van der Waals surface area contributed by atoms with Crippen molar-refractivity contribution in [1.82, 2.24) is 4.90 Å². The summed E-state index contributed by atoms with van der Waals surface area (Å²) in [5.41, 5.74) is -0.681. The van der Waals surface area contributed by atoms with Gasteiger partial charge in [0.05, 0.1) is 84.4 Å². The van der Waals surface area contributed by atoms with Crippen molar-refractivity contribution < 1.29 is 58.8 Å². The molecular formula is C27H49NO12. The first-order valence-electron chi connectivity index (χ1n) is 13.4. The van der Waals surface area contributed by atoms with Crippen LogP contribution in [0.2, 0.25) is 0 Å². The SMILES string of the molecule is C=CC(=O)OCCC(O)COCC(CC)(COCC(O)CCOC(=O)C=C)COCC(O)CN(CCO)CCO. The summed E-state index contributed by atoms with van der Waals surface area (Å²) in [5, 5.41) is 49.0. The highest BCUT2D eigenvalue weighted by molar-refractivity contribution is 5.81. The zero-order chi connectivity index (χ0) is 30.2. The van der Waals surface area contributed by atoms with E-state index in [1.54, 1.807) is 4.90 Å². The Morgan fingerprint density at radius 2 is 1.18 bits per heavy atom. The minimum Gasteiger partial charge on any atom is -0.462 e. The van der Waals surface area contributed by atoms with Gasteiger partial charge in [-0.1, -0.05) is 20.1 Å². The standard InChI is InChI=1S/C27H49NO12/c1-4-25(34)39-13-7-22(31)16-36-19-27(6-3,20-37-17-23(32)8-14-40-26(35)5-2)21-38-18-24(33)15-28(9-11-29)10-12-30/h4-5,22-24,29-33H,1-2,6-21H2,3H3. The molecule has 5 N–H and O–H groups in total. The summed E-state index contributed by atoms with van der Waals surface area (Å²) >= 11 is 0.